The van der Waals surface area contributed by atoms with Crippen LogP contribution in [0.3, 0.4) is 0 Å². The molecule has 0 saturated carbocycles. The van der Waals surface area contributed by atoms with Crippen LogP contribution in [0.4, 0.5) is 9.59 Å². The number of carbonyl (C=O) groups is 2. The molecule has 2 rings (SSSR count). The van der Waals surface area contributed by atoms with E-state index in [9.17, 15) is 9.59 Å². The highest BCUT2D eigenvalue weighted by atomic mass is 16.6. The van der Waals surface area contributed by atoms with Gasteiger partial charge in [0, 0.05) is 30.8 Å². The summed E-state index contributed by atoms with van der Waals surface area (Å²) >= 11 is 0. The quantitative estimate of drug-likeness (QED) is 0.430. The second-order valence-electron chi connectivity index (χ2n) is 11.6. The van der Waals surface area contributed by atoms with Crippen molar-refractivity contribution in [3.8, 4) is 0 Å². The van der Waals surface area contributed by atoms with Gasteiger partial charge in [-0.15, -0.1) is 6.58 Å². The zero-order valence-electron chi connectivity index (χ0n) is 25.6. The van der Waals surface area contributed by atoms with E-state index in [1.54, 1.807) is 0 Å². The molecule has 0 aliphatic carbocycles. The summed E-state index contributed by atoms with van der Waals surface area (Å²) in [6, 6.07) is 1.00. The van der Waals surface area contributed by atoms with Crippen LogP contribution in [0.2, 0.25) is 0 Å². The third-order valence-corrected chi connectivity index (χ3v) is 6.29. The van der Waals surface area contributed by atoms with E-state index in [0.29, 0.717) is 12.5 Å². The normalized spacial score (nSPS) is 21.6. The minimum Gasteiger partial charge on any atom is -0.444 e. The van der Waals surface area contributed by atoms with Crippen molar-refractivity contribution in [3.63, 3.8) is 0 Å². The summed E-state index contributed by atoms with van der Waals surface area (Å²) in [5, 5.41) is 9.04. The van der Waals surface area contributed by atoms with Crippen LogP contribution < -0.4 is 0 Å². The molecule has 2 fully saturated rings. The number of nitrogens with zero attached hydrogens (tertiary/aromatic N) is 2. The molecular formula is C29H50N2O9. The fraction of sp³-hybridized carbons (Fsp3) is 0.793. The Morgan fingerprint density at radius 3 is 1.40 bits per heavy atom. The lowest BCUT2D eigenvalue weighted by molar-refractivity contribution is -0.193. The van der Waals surface area contributed by atoms with Gasteiger partial charge in [0.1, 0.15) is 11.2 Å². The number of ether oxygens (including phenoxy) is 2. The zero-order valence-corrected chi connectivity index (χ0v) is 25.6. The van der Waals surface area contributed by atoms with Crippen molar-refractivity contribution in [2.24, 2.45) is 0 Å². The van der Waals surface area contributed by atoms with Gasteiger partial charge in [-0.05, 0) is 92.9 Å². The second-order valence-corrected chi connectivity index (χ2v) is 11.6. The zero-order chi connectivity index (χ0) is 31.5. The van der Waals surface area contributed by atoms with E-state index in [1.807, 2.05) is 57.4 Å². The number of amides is 2. The first-order chi connectivity index (χ1) is 18.6. The monoisotopic (exact) mass is 570 g/mol. The van der Waals surface area contributed by atoms with Gasteiger partial charge in [-0.25, -0.2) is 9.59 Å². The van der Waals surface area contributed by atoms with Gasteiger partial charge in [-0.2, -0.15) is 19.2 Å². The number of likely N-dealkylation sites (tertiary alicyclic amines) is 2. The molecule has 1 N–H and O–H groups in total. The molecule has 0 aromatic rings. The fourth-order valence-electron chi connectivity index (χ4n) is 4.81. The van der Waals surface area contributed by atoms with E-state index in [4.69, 9.17) is 33.8 Å². The van der Waals surface area contributed by atoms with Crippen LogP contribution in [-0.4, -0.2) is 81.4 Å². The number of hydrogen-bond acceptors (Lipinski definition) is 9. The minimum absolute atomic E-state index is 0.125. The molecule has 0 aromatic carbocycles. The molecule has 11 nitrogen and oxygen atoms in total. The maximum absolute atomic E-state index is 12.2. The first-order valence-corrected chi connectivity index (χ1v) is 13.8. The Morgan fingerprint density at radius 1 is 0.775 bits per heavy atom. The minimum atomic E-state index is -0.457. The molecule has 2 unspecified atom stereocenters. The van der Waals surface area contributed by atoms with Gasteiger partial charge in [0.15, 0.2) is 0 Å². The van der Waals surface area contributed by atoms with Crippen molar-refractivity contribution in [2.45, 2.75) is 142 Å². The SMILES string of the molecule is C=CCC1CC[C@@H](CC)N1C(=O)OC(C)(C)C.CC[C@@H]1CCC(CCO)N1C(=O)OC(C)(C)C.O=C=O.O=C=O. The summed E-state index contributed by atoms with van der Waals surface area (Å²) in [4.78, 5) is 60.6. The first kappa shape index (κ1) is 39.1. The Hall–Kier alpha value is -3.00. The lowest BCUT2D eigenvalue weighted by atomic mass is 10.1. The summed E-state index contributed by atoms with van der Waals surface area (Å²) in [6.45, 7) is 19.5. The molecule has 230 valence electrons. The second kappa shape index (κ2) is 20.0. The van der Waals surface area contributed by atoms with E-state index >= 15 is 0 Å². The highest BCUT2D eigenvalue weighted by Gasteiger charge is 2.38. The van der Waals surface area contributed by atoms with E-state index in [0.717, 1.165) is 44.9 Å². The number of carbonyl (C=O) groups excluding carboxylic acids is 6. The molecule has 0 spiro atoms. The lowest BCUT2D eigenvalue weighted by Gasteiger charge is -2.32. The highest BCUT2D eigenvalue weighted by Crippen LogP contribution is 2.31. The first-order valence-electron chi connectivity index (χ1n) is 13.8. The fourth-order valence-corrected chi connectivity index (χ4v) is 4.81. The van der Waals surface area contributed by atoms with Crippen molar-refractivity contribution in [1.29, 1.82) is 0 Å². The largest absolute Gasteiger partial charge is 0.444 e. The third-order valence-electron chi connectivity index (χ3n) is 6.29. The number of aliphatic hydroxyl groups excluding tert-OH is 1. The van der Waals surface area contributed by atoms with Gasteiger partial charge in [0.05, 0.1) is 0 Å². The van der Waals surface area contributed by atoms with Gasteiger partial charge in [-0.1, -0.05) is 19.9 Å². The molecule has 4 atom stereocenters. The molecule has 2 saturated heterocycles. The summed E-state index contributed by atoms with van der Waals surface area (Å²) in [6.07, 6.45) is 9.55. The van der Waals surface area contributed by atoms with Crippen molar-refractivity contribution in [1.82, 2.24) is 9.80 Å². The van der Waals surface area contributed by atoms with Crippen molar-refractivity contribution >= 4 is 24.5 Å². The van der Waals surface area contributed by atoms with Crippen molar-refractivity contribution < 1.29 is 43.3 Å². The third kappa shape index (κ3) is 15.6. The van der Waals surface area contributed by atoms with E-state index in [1.165, 1.54) is 0 Å². The Balaban J connectivity index is 0. The maximum atomic E-state index is 12.2. The van der Waals surface area contributed by atoms with Crippen LogP contribution >= 0.6 is 0 Å². The molecule has 0 bridgehead atoms. The van der Waals surface area contributed by atoms with E-state index < -0.39 is 11.2 Å². The summed E-state index contributed by atoms with van der Waals surface area (Å²) in [5.41, 5.74) is -0.877. The van der Waals surface area contributed by atoms with Gasteiger partial charge in [-0.3, -0.25) is 0 Å². The van der Waals surface area contributed by atoms with Crippen LogP contribution in [0, 0.1) is 0 Å². The molecule has 11 heteroatoms. The average molecular weight is 571 g/mol. The van der Waals surface area contributed by atoms with E-state index in [2.05, 4.69) is 20.4 Å². The molecule has 2 amide bonds. The van der Waals surface area contributed by atoms with E-state index in [-0.39, 0.29) is 49.2 Å². The number of hydrogen-bond donors (Lipinski definition) is 1. The molecule has 40 heavy (non-hydrogen) atoms. The van der Waals surface area contributed by atoms with Gasteiger partial charge in [0.2, 0.25) is 0 Å². The molecule has 2 aliphatic rings. The molecule has 2 heterocycles. The van der Waals surface area contributed by atoms with Gasteiger partial charge >= 0.3 is 24.5 Å². The Labute approximate surface area is 239 Å². The lowest BCUT2D eigenvalue weighted by Crippen LogP contribution is -2.44. The van der Waals surface area contributed by atoms with Crippen LogP contribution in [0.25, 0.3) is 0 Å². The van der Waals surface area contributed by atoms with Crippen molar-refractivity contribution in [2.75, 3.05) is 6.61 Å². The van der Waals surface area contributed by atoms with Crippen molar-refractivity contribution in [3.05, 3.63) is 12.7 Å². The highest BCUT2D eigenvalue weighted by molar-refractivity contribution is 5.70. The van der Waals surface area contributed by atoms with Crippen LogP contribution in [0.1, 0.15) is 107 Å². The molecule has 0 radical (unpaired) electrons. The van der Waals surface area contributed by atoms with Gasteiger partial charge in [0.25, 0.3) is 0 Å². The molecular weight excluding hydrogens is 520 g/mol. The Morgan fingerprint density at radius 2 is 1.10 bits per heavy atom. The number of aliphatic hydroxyl groups is 1. The predicted octanol–water partition coefficient (Wildman–Crippen LogP) is 5.12. The topological polar surface area (TPSA) is 148 Å². The molecule has 0 aromatic heterocycles. The number of rotatable bonds is 6. The predicted molar refractivity (Wildman–Crippen MR) is 147 cm³/mol. The Bertz CT molecular complexity index is 808. The summed E-state index contributed by atoms with van der Waals surface area (Å²) in [7, 11) is 0. The van der Waals surface area contributed by atoms with Crippen LogP contribution in [0.5, 0.6) is 0 Å². The molecule has 2 aliphatic heterocycles. The summed E-state index contributed by atoms with van der Waals surface area (Å²) in [5.74, 6) is 0. The average Bonchev–Trinajstić information content (AvgIpc) is 3.42. The smallest absolute Gasteiger partial charge is 0.410 e. The summed E-state index contributed by atoms with van der Waals surface area (Å²) < 4.78 is 10.9. The standard InChI is InChI=1S/C14H25NO2.C13H25NO3.2CO2/c1-6-8-12-10-9-11(7-2)15(12)13(16)17-14(3,4)5;1-5-10-6-7-11(8-9-15)14(10)12(16)17-13(2,3)4;2*2-1-3/h6,11-12H,1,7-10H2,2-5H3;10-11,15H,5-9H2,1-4H3;;/t11-,12?;10-,11?;;/m11../s1. The van der Waals surface area contributed by atoms with Crippen LogP contribution in [0.15, 0.2) is 12.7 Å². The maximum Gasteiger partial charge on any atom is 0.410 e. The van der Waals surface area contributed by atoms with Crippen LogP contribution in [-0.2, 0) is 28.7 Å². The Kier molecular flexibility index (Phi) is 19.5. The van der Waals surface area contributed by atoms with Gasteiger partial charge < -0.3 is 24.4 Å².